The van der Waals surface area contributed by atoms with Crippen molar-refractivity contribution < 1.29 is 14.0 Å². The van der Waals surface area contributed by atoms with Gasteiger partial charge in [0.05, 0.1) is 12.7 Å². The molecular weight excluding hydrogens is 364 g/mol. The van der Waals surface area contributed by atoms with Crippen LogP contribution in [0.2, 0.25) is 5.02 Å². The summed E-state index contributed by atoms with van der Waals surface area (Å²) in [6, 6.07) is 16.2. The molecule has 1 aliphatic rings. The highest BCUT2D eigenvalue weighted by molar-refractivity contribution is 6.30. The number of hydrogen-bond acceptors (Lipinski definition) is 3. The summed E-state index contributed by atoms with van der Waals surface area (Å²) in [7, 11) is 0. The van der Waals surface area contributed by atoms with Gasteiger partial charge in [0, 0.05) is 22.9 Å². The molecule has 0 radical (unpaired) electrons. The van der Waals surface area contributed by atoms with Crippen LogP contribution < -0.4 is 10.2 Å². The highest BCUT2D eigenvalue weighted by Gasteiger charge is 2.27. The van der Waals surface area contributed by atoms with Gasteiger partial charge in [-0.25, -0.2) is 0 Å². The molecule has 0 atom stereocenters. The third-order valence-corrected chi connectivity index (χ3v) is 4.77. The second-order valence-electron chi connectivity index (χ2n) is 6.38. The second-order valence-corrected chi connectivity index (χ2v) is 6.82. The summed E-state index contributed by atoms with van der Waals surface area (Å²) < 4.78 is 5.21. The van der Waals surface area contributed by atoms with Crippen molar-refractivity contribution in [2.45, 2.75) is 12.8 Å². The number of fused-ring (bicyclic) bond motifs is 1. The monoisotopic (exact) mass is 380 g/mol. The fraction of sp³-hybridized carbons (Fsp3) is 0.143. The molecule has 6 heteroatoms. The number of rotatable bonds is 4. The minimum absolute atomic E-state index is 0.0983. The van der Waals surface area contributed by atoms with Crippen LogP contribution in [0.1, 0.15) is 21.7 Å². The molecule has 5 nitrogen and oxygen atoms in total. The van der Waals surface area contributed by atoms with E-state index in [-0.39, 0.29) is 18.2 Å². The van der Waals surface area contributed by atoms with Crippen molar-refractivity contribution in [1.82, 2.24) is 0 Å². The highest BCUT2D eigenvalue weighted by Crippen LogP contribution is 2.31. The zero-order valence-electron chi connectivity index (χ0n) is 14.4. The zero-order valence-corrected chi connectivity index (χ0v) is 15.2. The zero-order chi connectivity index (χ0) is 18.8. The van der Waals surface area contributed by atoms with Gasteiger partial charge in [-0.3, -0.25) is 9.59 Å². The summed E-state index contributed by atoms with van der Waals surface area (Å²) in [5.74, 6) is 0.0697. The van der Waals surface area contributed by atoms with E-state index in [2.05, 4.69) is 5.32 Å². The van der Waals surface area contributed by atoms with Crippen molar-refractivity contribution in [3.8, 4) is 0 Å². The van der Waals surface area contributed by atoms with Crippen LogP contribution >= 0.6 is 11.6 Å². The largest absolute Gasteiger partial charge is 0.459 e. The van der Waals surface area contributed by atoms with Crippen molar-refractivity contribution >= 4 is 34.8 Å². The van der Waals surface area contributed by atoms with E-state index < -0.39 is 0 Å². The molecule has 0 saturated heterocycles. The van der Waals surface area contributed by atoms with E-state index in [9.17, 15) is 9.59 Å². The summed E-state index contributed by atoms with van der Waals surface area (Å²) >= 11 is 5.86. The Morgan fingerprint density at radius 3 is 2.67 bits per heavy atom. The van der Waals surface area contributed by atoms with E-state index in [1.165, 1.54) is 6.26 Å². The molecule has 4 rings (SSSR count). The van der Waals surface area contributed by atoms with Gasteiger partial charge in [0.2, 0.25) is 5.91 Å². The van der Waals surface area contributed by atoms with Gasteiger partial charge < -0.3 is 14.6 Å². The standard InChI is InChI=1S/C21H17ClN2O3/c22-16-5-3-14(4-6-16)12-20(25)23-17-7-8-18-15(13-17)9-10-24(18)21(26)19-2-1-11-27-19/h1-8,11,13H,9-10,12H2,(H,23,25). The molecule has 3 aromatic rings. The third-order valence-electron chi connectivity index (χ3n) is 4.51. The molecule has 0 fully saturated rings. The molecule has 1 aromatic heterocycles. The maximum Gasteiger partial charge on any atom is 0.293 e. The Bertz CT molecular complexity index is 981. The summed E-state index contributed by atoms with van der Waals surface area (Å²) in [6.07, 6.45) is 2.50. The van der Waals surface area contributed by atoms with Crippen LogP contribution in [0, 0.1) is 0 Å². The number of nitrogens with one attached hydrogen (secondary N) is 1. The molecule has 0 unspecified atom stereocenters. The Hall–Kier alpha value is -3.05. The predicted molar refractivity (Wildman–Crippen MR) is 104 cm³/mol. The number of carbonyl (C=O) groups excluding carboxylic acids is 2. The van der Waals surface area contributed by atoms with Crippen molar-refractivity contribution in [3.63, 3.8) is 0 Å². The fourth-order valence-corrected chi connectivity index (χ4v) is 3.34. The van der Waals surface area contributed by atoms with E-state index in [1.807, 2.05) is 30.3 Å². The lowest BCUT2D eigenvalue weighted by atomic mass is 10.1. The van der Waals surface area contributed by atoms with Gasteiger partial charge in [0.1, 0.15) is 0 Å². The first-order chi connectivity index (χ1) is 13.1. The Morgan fingerprint density at radius 1 is 1.11 bits per heavy atom. The van der Waals surface area contributed by atoms with Crippen LogP contribution in [-0.4, -0.2) is 18.4 Å². The molecule has 27 heavy (non-hydrogen) atoms. The SMILES string of the molecule is O=C(Cc1ccc(Cl)cc1)Nc1ccc2c(c1)CCN2C(=O)c1ccco1. The lowest BCUT2D eigenvalue weighted by molar-refractivity contribution is -0.115. The molecule has 0 saturated carbocycles. The molecule has 2 heterocycles. The summed E-state index contributed by atoms with van der Waals surface area (Å²) in [5, 5.41) is 3.56. The van der Waals surface area contributed by atoms with Crippen LogP contribution in [0.5, 0.6) is 0 Å². The van der Waals surface area contributed by atoms with Crippen LogP contribution in [0.4, 0.5) is 11.4 Å². The van der Waals surface area contributed by atoms with Gasteiger partial charge in [0.25, 0.3) is 5.91 Å². The number of anilines is 2. The maximum absolute atomic E-state index is 12.5. The number of hydrogen-bond donors (Lipinski definition) is 1. The lowest BCUT2D eigenvalue weighted by Crippen LogP contribution is -2.28. The first kappa shape index (κ1) is 17.4. The molecule has 1 N–H and O–H groups in total. The van der Waals surface area contributed by atoms with E-state index in [0.717, 1.165) is 28.9 Å². The first-order valence-electron chi connectivity index (χ1n) is 8.63. The minimum Gasteiger partial charge on any atom is -0.459 e. The Kier molecular flexibility index (Phi) is 4.69. The van der Waals surface area contributed by atoms with Gasteiger partial charge in [-0.2, -0.15) is 0 Å². The van der Waals surface area contributed by atoms with Crippen molar-refractivity contribution in [2.75, 3.05) is 16.8 Å². The Morgan fingerprint density at radius 2 is 1.93 bits per heavy atom. The van der Waals surface area contributed by atoms with Gasteiger partial charge in [0.15, 0.2) is 5.76 Å². The molecule has 2 amide bonds. The molecule has 1 aliphatic heterocycles. The van der Waals surface area contributed by atoms with Gasteiger partial charge in [-0.1, -0.05) is 23.7 Å². The smallest absolute Gasteiger partial charge is 0.293 e. The number of nitrogens with zero attached hydrogens (tertiary/aromatic N) is 1. The van der Waals surface area contributed by atoms with Crippen LogP contribution in [0.25, 0.3) is 0 Å². The molecular formula is C21H17ClN2O3. The average molecular weight is 381 g/mol. The molecule has 0 bridgehead atoms. The van der Waals surface area contributed by atoms with Crippen LogP contribution in [-0.2, 0) is 17.6 Å². The second kappa shape index (κ2) is 7.29. The lowest BCUT2D eigenvalue weighted by Gasteiger charge is -2.16. The Balaban J connectivity index is 1.45. The fourth-order valence-electron chi connectivity index (χ4n) is 3.22. The maximum atomic E-state index is 12.5. The summed E-state index contributed by atoms with van der Waals surface area (Å²) in [6.45, 7) is 0.594. The third kappa shape index (κ3) is 3.73. The van der Waals surface area contributed by atoms with E-state index in [4.69, 9.17) is 16.0 Å². The van der Waals surface area contributed by atoms with Crippen molar-refractivity contribution in [3.05, 3.63) is 82.8 Å². The summed E-state index contributed by atoms with van der Waals surface area (Å²) in [5.41, 5.74) is 3.50. The normalized spacial score (nSPS) is 12.7. The number of furan rings is 1. The quantitative estimate of drug-likeness (QED) is 0.733. The van der Waals surface area contributed by atoms with Crippen molar-refractivity contribution in [2.24, 2.45) is 0 Å². The molecule has 0 aliphatic carbocycles. The number of carbonyl (C=O) groups is 2. The number of halogens is 1. The Labute approximate surface area is 161 Å². The van der Waals surface area contributed by atoms with Crippen molar-refractivity contribution in [1.29, 1.82) is 0 Å². The van der Waals surface area contributed by atoms with E-state index in [1.54, 1.807) is 29.2 Å². The topological polar surface area (TPSA) is 62.6 Å². The van der Waals surface area contributed by atoms with Gasteiger partial charge >= 0.3 is 0 Å². The molecule has 136 valence electrons. The summed E-state index contributed by atoms with van der Waals surface area (Å²) in [4.78, 5) is 26.5. The predicted octanol–water partition coefficient (Wildman–Crippen LogP) is 4.32. The van der Waals surface area contributed by atoms with Gasteiger partial charge in [-0.05, 0) is 60.0 Å². The highest BCUT2D eigenvalue weighted by atomic mass is 35.5. The number of amides is 2. The van der Waals surface area contributed by atoms with Crippen LogP contribution in [0.3, 0.4) is 0 Å². The molecule has 2 aromatic carbocycles. The average Bonchev–Trinajstić information content (AvgIpc) is 3.32. The minimum atomic E-state index is -0.154. The first-order valence-corrected chi connectivity index (χ1v) is 9.00. The van der Waals surface area contributed by atoms with Gasteiger partial charge in [-0.15, -0.1) is 0 Å². The van der Waals surface area contributed by atoms with Crippen LogP contribution in [0.15, 0.2) is 65.3 Å². The van der Waals surface area contributed by atoms with E-state index >= 15 is 0 Å². The molecule has 0 spiro atoms. The van der Waals surface area contributed by atoms with E-state index in [0.29, 0.717) is 17.3 Å². The number of benzene rings is 2.